The number of nitrogens with zero attached hydrogens (tertiary/aromatic N) is 3. The first-order valence-electron chi connectivity index (χ1n) is 26.0. The molecular weight excluding hydrogens is 811 g/mol. The largest absolute Gasteiger partial charge is 0.496 e. The van der Waals surface area contributed by atoms with Gasteiger partial charge in [0.25, 0.3) is 0 Å². The number of rotatable bonds is 26. The van der Waals surface area contributed by atoms with Crippen LogP contribution in [-0.4, -0.2) is 46.2 Å². The van der Waals surface area contributed by atoms with Crippen LogP contribution in [0.25, 0.3) is 12.2 Å². The normalized spacial score (nSPS) is 16.5. The Kier molecular flexibility index (Phi) is 24.8. The van der Waals surface area contributed by atoms with Crippen LogP contribution < -0.4 is 19.3 Å². The fraction of sp³-hybridized carbons (Fsp3) is 0.600. The van der Waals surface area contributed by atoms with Crippen LogP contribution in [0.15, 0.2) is 82.5 Å². The number of nitriles is 1. The van der Waals surface area contributed by atoms with E-state index in [2.05, 4.69) is 146 Å². The molecule has 2 aromatic rings. The summed E-state index contributed by atoms with van der Waals surface area (Å²) in [6.07, 6.45) is 30.2. The lowest BCUT2D eigenvalue weighted by molar-refractivity contribution is -0.118. The van der Waals surface area contributed by atoms with E-state index in [0.717, 1.165) is 112 Å². The summed E-state index contributed by atoms with van der Waals surface area (Å²) in [7, 11) is 3.51. The molecule has 0 spiro atoms. The predicted molar refractivity (Wildman–Crippen MR) is 286 cm³/mol. The van der Waals surface area contributed by atoms with Crippen molar-refractivity contribution in [3.05, 3.63) is 93.6 Å². The van der Waals surface area contributed by atoms with Crippen LogP contribution in [0.4, 0.5) is 11.4 Å². The van der Waals surface area contributed by atoms with Gasteiger partial charge in [-0.05, 0) is 134 Å². The molecule has 0 unspecified atom stereocenters. The zero-order valence-corrected chi connectivity index (χ0v) is 44.0. The number of allylic oxidation sites excluding steroid dienone is 8. The number of Topliss-reactive ketones (excluding diaryl/α,β-unsaturated/α-hetero) is 1. The molecule has 2 aliphatic carbocycles. The van der Waals surface area contributed by atoms with Crippen LogP contribution in [0.2, 0.25) is 0 Å². The molecule has 6 nitrogen and oxygen atoms in total. The van der Waals surface area contributed by atoms with E-state index >= 15 is 0 Å². The van der Waals surface area contributed by atoms with Gasteiger partial charge in [-0.15, -0.1) is 0 Å². The van der Waals surface area contributed by atoms with Crippen LogP contribution >= 0.6 is 0 Å². The average Bonchev–Trinajstić information content (AvgIpc) is 3.29. The molecule has 6 heteroatoms. The van der Waals surface area contributed by atoms with E-state index in [1.54, 1.807) is 20.3 Å². The van der Waals surface area contributed by atoms with E-state index in [0.29, 0.717) is 12.2 Å². The van der Waals surface area contributed by atoms with Gasteiger partial charge in [0.1, 0.15) is 11.5 Å². The Morgan fingerprint density at radius 1 is 0.561 bits per heavy atom. The standard InChI is InChI=1S/C31H46N2O.C29H45NO2/c1-7-10-13-29-26(23-31(4,5)24-27(29)18-19-32)15-14-25-16-17-28(22-30(25)34-6)33(20-11-8-2)21-12-9-3;1-7-10-13-26-24(21-29(4,5)22-27(26)31)15-14-23-16-17-25(20-28(23)32-6)30(18-11-8-2)19-12-9-3/h14-18,22H,7-13,20-21,23-24H2,1-6H3;14-17,20H,7-13,18-19,21-22H2,1-6H3/b15-14+,27-18+;15-14+. The van der Waals surface area contributed by atoms with Gasteiger partial charge in [0, 0.05) is 73.3 Å². The van der Waals surface area contributed by atoms with Gasteiger partial charge in [0.15, 0.2) is 5.78 Å². The van der Waals surface area contributed by atoms with E-state index in [-0.39, 0.29) is 10.8 Å². The number of carbonyl (C=O) groups excluding carboxylic acids is 1. The SMILES string of the molecule is CCCCC1=C(/C=C/c2ccc(N(CCCC)CCCC)cc2OC)CC(C)(C)C/C1=C\C#N.CCCCC1=C(/C=C/c2ccc(N(CCCC)CCCC)cc2OC)CC(C)(C)CC1=O. The Labute approximate surface area is 404 Å². The average molecular weight is 902 g/mol. The molecule has 4 rings (SSSR count). The van der Waals surface area contributed by atoms with Gasteiger partial charge in [0.05, 0.1) is 20.3 Å². The quantitative estimate of drug-likeness (QED) is 0.0877. The van der Waals surface area contributed by atoms with Crippen molar-refractivity contribution in [3.63, 3.8) is 0 Å². The third kappa shape index (κ3) is 18.0. The molecule has 66 heavy (non-hydrogen) atoms. The van der Waals surface area contributed by atoms with Gasteiger partial charge in [-0.2, -0.15) is 5.26 Å². The topological polar surface area (TPSA) is 65.8 Å². The maximum atomic E-state index is 12.8. The highest BCUT2D eigenvalue weighted by molar-refractivity contribution is 5.98. The second-order valence-electron chi connectivity index (χ2n) is 20.4. The Hall–Kier alpha value is -4.50. The molecule has 0 amide bonds. The zero-order valence-electron chi connectivity index (χ0n) is 44.0. The first kappa shape index (κ1) is 55.8. The molecular formula is C60H91N3O3. The minimum Gasteiger partial charge on any atom is -0.496 e. The molecule has 0 fully saturated rings. The lowest BCUT2D eigenvalue weighted by atomic mass is 9.70. The van der Waals surface area contributed by atoms with Crippen molar-refractivity contribution in [2.24, 2.45) is 10.8 Å². The third-order valence-corrected chi connectivity index (χ3v) is 13.2. The van der Waals surface area contributed by atoms with E-state index in [4.69, 9.17) is 9.47 Å². The number of hydrogen-bond acceptors (Lipinski definition) is 6. The smallest absolute Gasteiger partial charge is 0.159 e. The van der Waals surface area contributed by atoms with Crippen molar-refractivity contribution in [3.8, 4) is 17.6 Å². The van der Waals surface area contributed by atoms with E-state index in [1.165, 1.54) is 85.0 Å². The van der Waals surface area contributed by atoms with Gasteiger partial charge < -0.3 is 19.3 Å². The molecule has 0 atom stereocenters. The molecule has 0 N–H and O–H groups in total. The van der Waals surface area contributed by atoms with Gasteiger partial charge in [0.2, 0.25) is 0 Å². The highest BCUT2D eigenvalue weighted by atomic mass is 16.5. The maximum absolute atomic E-state index is 12.8. The molecule has 0 aromatic heterocycles. The summed E-state index contributed by atoms with van der Waals surface area (Å²) in [6.45, 7) is 26.8. The summed E-state index contributed by atoms with van der Waals surface area (Å²) >= 11 is 0. The Balaban J connectivity index is 0.000000351. The minimum atomic E-state index is 0.0273. The molecule has 0 radical (unpaired) electrons. The number of benzene rings is 2. The van der Waals surface area contributed by atoms with Crippen molar-refractivity contribution in [1.82, 2.24) is 0 Å². The van der Waals surface area contributed by atoms with E-state index in [1.807, 2.05) is 0 Å². The van der Waals surface area contributed by atoms with Crippen LogP contribution in [0.5, 0.6) is 11.5 Å². The number of ketones is 1. The Morgan fingerprint density at radius 2 is 0.955 bits per heavy atom. The monoisotopic (exact) mass is 902 g/mol. The second-order valence-corrected chi connectivity index (χ2v) is 20.4. The Morgan fingerprint density at radius 3 is 1.35 bits per heavy atom. The van der Waals surface area contributed by atoms with Crippen LogP contribution in [0, 0.1) is 22.2 Å². The van der Waals surface area contributed by atoms with Crippen molar-refractivity contribution in [2.75, 3.05) is 50.2 Å². The van der Waals surface area contributed by atoms with Gasteiger partial charge in [-0.1, -0.05) is 132 Å². The van der Waals surface area contributed by atoms with E-state index < -0.39 is 0 Å². The van der Waals surface area contributed by atoms with Gasteiger partial charge >= 0.3 is 0 Å². The fourth-order valence-electron chi connectivity index (χ4n) is 9.37. The van der Waals surface area contributed by atoms with Crippen molar-refractivity contribution in [1.29, 1.82) is 5.26 Å². The summed E-state index contributed by atoms with van der Waals surface area (Å²) < 4.78 is 11.6. The molecule has 2 aromatic carbocycles. The van der Waals surface area contributed by atoms with Gasteiger partial charge in [-0.3, -0.25) is 4.79 Å². The zero-order chi connectivity index (χ0) is 48.5. The van der Waals surface area contributed by atoms with Crippen LogP contribution in [-0.2, 0) is 4.79 Å². The lowest BCUT2D eigenvalue weighted by Gasteiger charge is -2.34. The first-order valence-corrected chi connectivity index (χ1v) is 26.0. The fourth-order valence-corrected chi connectivity index (χ4v) is 9.37. The summed E-state index contributed by atoms with van der Waals surface area (Å²) in [5.74, 6) is 2.15. The van der Waals surface area contributed by atoms with Crippen molar-refractivity contribution < 1.29 is 14.3 Å². The Bertz CT molecular complexity index is 1990. The van der Waals surface area contributed by atoms with Crippen molar-refractivity contribution in [2.45, 2.75) is 185 Å². The van der Waals surface area contributed by atoms with Crippen molar-refractivity contribution >= 4 is 29.3 Å². The number of ether oxygens (including phenoxy) is 2. The van der Waals surface area contributed by atoms with Crippen LogP contribution in [0.3, 0.4) is 0 Å². The number of anilines is 2. The highest BCUT2D eigenvalue weighted by Gasteiger charge is 2.32. The highest BCUT2D eigenvalue weighted by Crippen LogP contribution is 2.44. The molecule has 0 aliphatic heterocycles. The predicted octanol–water partition coefficient (Wildman–Crippen LogP) is 16.9. The minimum absolute atomic E-state index is 0.0273. The summed E-state index contributed by atoms with van der Waals surface area (Å²) in [4.78, 5) is 17.8. The lowest BCUT2D eigenvalue weighted by Crippen LogP contribution is -2.25. The molecule has 2 aliphatic rings. The second kappa shape index (κ2) is 29.3. The third-order valence-electron chi connectivity index (χ3n) is 13.2. The molecule has 0 heterocycles. The molecule has 0 saturated carbocycles. The summed E-state index contributed by atoms with van der Waals surface area (Å²) in [5, 5.41) is 9.39. The number of hydrogen-bond donors (Lipinski definition) is 0. The van der Waals surface area contributed by atoms with Gasteiger partial charge in [-0.25, -0.2) is 0 Å². The molecule has 364 valence electrons. The molecule has 0 bridgehead atoms. The summed E-state index contributed by atoms with van der Waals surface area (Å²) in [6, 6.07) is 15.5. The number of methoxy groups -OCH3 is 2. The first-order chi connectivity index (χ1) is 31.7. The summed E-state index contributed by atoms with van der Waals surface area (Å²) in [5.41, 5.74) is 11.1. The van der Waals surface area contributed by atoms with E-state index in [9.17, 15) is 10.1 Å². The number of carbonyl (C=O) groups is 1. The maximum Gasteiger partial charge on any atom is 0.159 e. The number of unbranched alkanes of at least 4 members (excludes halogenated alkanes) is 6. The molecule has 0 saturated heterocycles. The van der Waals surface area contributed by atoms with Crippen LogP contribution in [0.1, 0.15) is 196 Å².